The van der Waals surface area contributed by atoms with Gasteiger partial charge in [-0.1, -0.05) is 12.1 Å². The van der Waals surface area contributed by atoms with Crippen LogP contribution in [0, 0.1) is 0 Å². The van der Waals surface area contributed by atoms with Gasteiger partial charge < -0.3 is 4.42 Å². The highest BCUT2D eigenvalue weighted by Crippen LogP contribution is 2.30. The van der Waals surface area contributed by atoms with Crippen molar-refractivity contribution in [3.8, 4) is 11.3 Å². The van der Waals surface area contributed by atoms with Crippen molar-refractivity contribution < 1.29 is 19.2 Å². The molecule has 1 aromatic heterocycles. The minimum Gasteiger partial charge on any atom is -0.464 e. The van der Waals surface area contributed by atoms with Crippen molar-refractivity contribution in [2.75, 3.05) is 0 Å². The van der Waals surface area contributed by atoms with Crippen molar-refractivity contribution in [1.82, 2.24) is 5.06 Å². The topological polar surface area (TPSA) is 70.8 Å². The first-order chi connectivity index (χ1) is 8.68. The van der Waals surface area contributed by atoms with E-state index in [0.717, 1.165) is 0 Å². The molecule has 5 heteroatoms. The number of furan rings is 1. The summed E-state index contributed by atoms with van der Waals surface area (Å²) in [4.78, 5) is 23.3. The van der Waals surface area contributed by atoms with Gasteiger partial charge in [0.1, 0.15) is 5.76 Å². The van der Waals surface area contributed by atoms with E-state index < -0.39 is 11.8 Å². The molecule has 2 amide bonds. The Kier molecular flexibility index (Phi) is 2.28. The zero-order valence-electron chi connectivity index (χ0n) is 9.29. The Morgan fingerprint density at radius 2 is 1.89 bits per heavy atom. The first-order valence-corrected chi connectivity index (χ1v) is 5.40. The first kappa shape index (κ1) is 10.7. The molecule has 0 bridgehead atoms. The van der Waals surface area contributed by atoms with Crippen molar-refractivity contribution in [3.63, 3.8) is 0 Å². The maximum atomic E-state index is 11.8. The third-order valence-electron chi connectivity index (χ3n) is 2.95. The van der Waals surface area contributed by atoms with Crippen molar-refractivity contribution in [3.05, 3.63) is 47.7 Å². The van der Waals surface area contributed by atoms with E-state index in [1.807, 2.05) is 0 Å². The molecular weight excluding hydrogens is 234 g/mol. The molecule has 1 N–H and O–H groups in total. The number of imide groups is 1. The first-order valence-electron chi connectivity index (χ1n) is 5.40. The lowest BCUT2D eigenvalue weighted by Crippen LogP contribution is -2.39. The highest BCUT2D eigenvalue weighted by molar-refractivity contribution is 6.09. The lowest BCUT2D eigenvalue weighted by Gasteiger charge is -2.22. The number of nitrogens with zero attached hydrogens (tertiary/aromatic N) is 1. The van der Waals surface area contributed by atoms with Gasteiger partial charge in [0.15, 0.2) is 0 Å². The van der Waals surface area contributed by atoms with Crippen LogP contribution in [-0.4, -0.2) is 22.1 Å². The molecule has 3 rings (SSSR count). The van der Waals surface area contributed by atoms with Crippen LogP contribution in [0.2, 0.25) is 0 Å². The Bertz CT molecular complexity index is 630. The molecule has 0 radical (unpaired) electrons. The van der Waals surface area contributed by atoms with Gasteiger partial charge in [0.05, 0.1) is 12.7 Å². The second-order valence-corrected chi connectivity index (χ2v) is 4.00. The number of carbonyl (C=O) groups excluding carboxylic acids is 2. The molecule has 0 saturated heterocycles. The minimum absolute atomic E-state index is 0.0194. The van der Waals surface area contributed by atoms with Gasteiger partial charge >= 0.3 is 0 Å². The number of fused-ring (bicyclic) bond motifs is 1. The molecule has 0 atom stereocenters. The number of carbonyl (C=O) groups is 2. The van der Waals surface area contributed by atoms with E-state index in [1.54, 1.807) is 30.3 Å². The SMILES string of the molecule is O=C1Cc2c(cccc2-c2ccco2)C(=O)N1O. The van der Waals surface area contributed by atoms with Crippen molar-refractivity contribution in [2.45, 2.75) is 6.42 Å². The Labute approximate surface area is 102 Å². The van der Waals surface area contributed by atoms with Crippen LogP contribution in [0.25, 0.3) is 11.3 Å². The number of benzene rings is 1. The molecule has 2 heterocycles. The molecule has 90 valence electrons. The Hall–Kier alpha value is -2.40. The summed E-state index contributed by atoms with van der Waals surface area (Å²) in [6.07, 6.45) is 1.51. The average Bonchev–Trinajstić information content (AvgIpc) is 2.89. The van der Waals surface area contributed by atoms with Gasteiger partial charge in [0, 0.05) is 11.1 Å². The van der Waals surface area contributed by atoms with Gasteiger partial charge in [-0.05, 0) is 23.8 Å². The smallest absolute Gasteiger partial charge is 0.284 e. The number of rotatable bonds is 1. The number of hydrogen-bond donors (Lipinski definition) is 1. The summed E-state index contributed by atoms with van der Waals surface area (Å²) in [5.74, 6) is -0.736. The average molecular weight is 243 g/mol. The summed E-state index contributed by atoms with van der Waals surface area (Å²) in [6, 6.07) is 8.55. The van der Waals surface area contributed by atoms with Crippen molar-refractivity contribution in [1.29, 1.82) is 0 Å². The molecule has 0 saturated carbocycles. The Morgan fingerprint density at radius 3 is 2.61 bits per heavy atom. The van der Waals surface area contributed by atoms with Gasteiger partial charge in [-0.3, -0.25) is 14.8 Å². The fourth-order valence-electron chi connectivity index (χ4n) is 2.09. The van der Waals surface area contributed by atoms with E-state index in [9.17, 15) is 14.8 Å². The summed E-state index contributed by atoms with van der Waals surface area (Å²) in [6.45, 7) is 0. The maximum absolute atomic E-state index is 11.8. The number of hydrogen-bond acceptors (Lipinski definition) is 4. The van der Waals surface area contributed by atoms with E-state index in [0.29, 0.717) is 22.5 Å². The third kappa shape index (κ3) is 1.45. The van der Waals surface area contributed by atoms with E-state index >= 15 is 0 Å². The maximum Gasteiger partial charge on any atom is 0.284 e. The molecule has 1 aliphatic rings. The predicted molar refractivity (Wildman–Crippen MR) is 60.8 cm³/mol. The summed E-state index contributed by atoms with van der Waals surface area (Å²) in [5.41, 5.74) is 1.62. The molecule has 1 aromatic carbocycles. The zero-order chi connectivity index (χ0) is 12.7. The van der Waals surface area contributed by atoms with Crippen LogP contribution in [0.5, 0.6) is 0 Å². The molecular formula is C13H9NO4. The van der Waals surface area contributed by atoms with Gasteiger partial charge in [0.2, 0.25) is 0 Å². The van der Waals surface area contributed by atoms with Gasteiger partial charge in [0.25, 0.3) is 11.8 Å². The standard InChI is InChI=1S/C13H9NO4/c15-12-7-10-8(11-5-2-6-18-11)3-1-4-9(10)13(16)14(12)17/h1-6,17H,7H2. The highest BCUT2D eigenvalue weighted by atomic mass is 16.5. The largest absolute Gasteiger partial charge is 0.464 e. The quantitative estimate of drug-likeness (QED) is 0.613. The molecule has 0 unspecified atom stereocenters. The summed E-state index contributed by atoms with van der Waals surface area (Å²) >= 11 is 0. The molecule has 0 fully saturated rings. The molecule has 0 aliphatic carbocycles. The van der Waals surface area contributed by atoms with Crippen LogP contribution >= 0.6 is 0 Å². The zero-order valence-corrected chi connectivity index (χ0v) is 9.29. The second kappa shape index (κ2) is 3.82. The van der Waals surface area contributed by atoms with Crippen molar-refractivity contribution >= 4 is 11.8 Å². The van der Waals surface area contributed by atoms with Crippen molar-refractivity contribution in [2.24, 2.45) is 0 Å². The number of hydroxylamine groups is 2. The minimum atomic E-state index is -0.699. The van der Waals surface area contributed by atoms with Crippen LogP contribution in [0.4, 0.5) is 0 Å². The van der Waals surface area contributed by atoms with E-state index in [2.05, 4.69) is 0 Å². The summed E-state index contributed by atoms with van der Waals surface area (Å²) < 4.78 is 5.28. The van der Waals surface area contributed by atoms with Crippen LogP contribution < -0.4 is 0 Å². The fraction of sp³-hybridized carbons (Fsp3) is 0.0769. The van der Waals surface area contributed by atoms with Crippen LogP contribution in [0.15, 0.2) is 41.0 Å². The van der Waals surface area contributed by atoms with Gasteiger partial charge in [-0.25, -0.2) is 0 Å². The second-order valence-electron chi connectivity index (χ2n) is 4.00. The molecule has 18 heavy (non-hydrogen) atoms. The van der Waals surface area contributed by atoms with Crippen LogP contribution in [0.3, 0.4) is 0 Å². The van der Waals surface area contributed by atoms with Crippen LogP contribution in [-0.2, 0) is 11.2 Å². The predicted octanol–water partition coefficient (Wildman–Crippen LogP) is 1.86. The van der Waals surface area contributed by atoms with E-state index in [-0.39, 0.29) is 11.5 Å². The van der Waals surface area contributed by atoms with Gasteiger partial charge in [-0.15, -0.1) is 0 Å². The number of amides is 2. The lowest BCUT2D eigenvalue weighted by atomic mass is 9.93. The van der Waals surface area contributed by atoms with E-state index in [4.69, 9.17) is 4.42 Å². The lowest BCUT2D eigenvalue weighted by molar-refractivity contribution is -0.153. The van der Waals surface area contributed by atoms with E-state index in [1.165, 1.54) is 6.26 Å². The Balaban J connectivity index is 2.21. The van der Waals surface area contributed by atoms with Gasteiger partial charge in [-0.2, -0.15) is 5.06 Å². The van der Waals surface area contributed by atoms with Crippen LogP contribution in [0.1, 0.15) is 15.9 Å². The monoisotopic (exact) mass is 243 g/mol. The molecule has 5 nitrogen and oxygen atoms in total. The molecule has 0 spiro atoms. The molecule has 1 aliphatic heterocycles. The fourth-order valence-corrected chi connectivity index (χ4v) is 2.09. The molecule has 2 aromatic rings. The third-order valence-corrected chi connectivity index (χ3v) is 2.95. The summed E-state index contributed by atoms with van der Waals surface area (Å²) in [5, 5.41) is 9.49. The summed E-state index contributed by atoms with van der Waals surface area (Å²) in [7, 11) is 0. The highest BCUT2D eigenvalue weighted by Gasteiger charge is 2.31. The normalized spacial score (nSPS) is 14.8. The Morgan fingerprint density at radius 1 is 1.11 bits per heavy atom.